The Kier molecular flexibility index (Phi) is 4.29. The van der Waals surface area contributed by atoms with Gasteiger partial charge in [-0.1, -0.05) is 33.6 Å². The van der Waals surface area contributed by atoms with Crippen LogP contribution in [0.25, 0.3) is 0 Å². The molecule has 80 valence electrons. The van der Waals surface area contributed by atoms with Crippen LogP contribution in [-0.2, 0) is 20.7 Å². The molecule has 3 nitrogen and oxygen atoms in total. The molecular weight excluding hydrogens is 283 g/mol. The lowest BCUT2D eigenvalue weighted by Gasteiger charge is -2.02. The maximum atomic E-state index is 11.2. The van der Waals surface area contributed by atoms with E-state index in [0.29, 0.717) is 10.6 Å². The van der Waals surface area contributed by atoms with Gasteiger partial charge >= 0.3 is 5.97 Å². The van der Waals surface area contributed by atoms with Gasteiger partial charge in [0.2, 0.25) is 5.78 Å². The summed E-state index contributed by atoms with van der Waals surface area (Å²) in [5.74, 6) is -1.46. The Morgan fingerprint density at radius 2 is 2.13 bits per heavy atom. The lowest BCUT2D eigenvalue weighted by Crippen LogP contribution is -2.17. The Morgan fingerprint density at radius 1 is 1.47 bits per heavy atom. The molecular formula is C10H8BrClO3. The molecule has 1 rings (SSSR count). The molecule has 0 aliphatic rings. The SMILES string of the molecule is COC(=O)C(=O)Cc1ccc(Br)cc1Cl. The molecule has 1 aromatic carbocycles. The third-order valence-electron chi connectivity index (χ3n) is 1.78. The molecule has 1 aromatic rings. The van der Waals surface area contributed by atoms with Crippen LogP contribution in [0.15, 0.2) is 22.7 Å². The second kappa shape index (κ2) is 5.28. The predicted molar refractivity (Wildman–Crippen MR) is 59.9 cm³/mol. The van der Waals surface area contributed by atoms with Gasteiger partial charge in [0.05, 0.1) is 7.11 Å². The quantitative estimate of drug-likeness (QED) is 0.634. The van der Waals surface area contributed by atoms with Crippen LogP contribution in [0, 0.1) is 0 Å². The molecule has 0 radical (unpaired) electrons. The molecule has 0 aliphatic heterocycles. The van der Waals surface area contributed by atoms with Crippen LogP contribution in [-0.4, -0.2) is 18.9 Å². The fourth-order valence-corrected chi connectivity index (χ4v) is 1.76. The van der Waals surface area contributed by atoms with Crippen molar-refractivity contribution in [1.29, 1.82) is 0 Å². The highest BCUT2D eigenvalue weighted by Gasteiger charge is 2.15. The summed E-state index contributed by atoms with van der Waals surface area (Å²) in [6.45, 7) is 0. The normalized spacial score (nSPS) is 9.80. The second-order valence-electron chi connectivity index (χ2n) is 2.83. The first-order valence-corrected chi connectivity index (χ1v) is 5.26. The van der Waals surface area contributed by atoms with Crippen molar-refractivity contribution in [2.24, 2.45) is 0 Å². The fourth-order valence-electron chi connectivity index (χ4n) is 1.02. The zero-order valence-corrected chi connectivity index (χ0v) is 10.3. The van der Waals surface area contributed by atoms with Crippen LogP contribution < -0.4 is 0 Å². The molecule has 15 heavy (non-hydrogen) atoms. The topological polar surface area (TPSA) is 43.4 Å². The van der Waals surface area contributed by atoms with Crippen LogP contribution in [0.4, 0.5) is 0 Å². The van der Waals surface area contributed by atoms with E-state index in [9.17, 15) is 9.59 Å². The van der Waals surface area contributed by atoms with Gasteiger partial charge in [0.25, 0.3) is 0 Å². The van der Waals surface area contributed by atoms with Gasteiger partial charge in [0.1, 0.15) is 0 Å². The molecule has 0 unspecified atom stereocenters. The number of Topliss-reactive ketones (excluding diaryl/α,β-unsaturated/α-hetero) is 1. The minimum atomic E-state index is -0.853. The summed E-state index contributed by atoms with van der Waals surface area (Å²) in [6, 6.07) is 5.11. The molecule has 0 saturated carbocycles. The van der Waals surface area contributed by atoms with E-state index in [1.165, 1.54) is 7.11 Å². The summed E-state index contributed by atoms with van der Waals surface area (Å²) in [6.07, 6.45) is -0.0429. The van der Waals surface area contributed by atoms with E-state index < -0.39 is 11.8 Å². The largest absolute Gasteiger partial charge is 0.463 e. The monoisotopic (exact) mass is 290 g/mol. The fraction of sp³-hybridized carbons (Fsp3) is 0.200. The Labute approximate surface area is 100 Å². The van der Waals surface area contributed by atoms with E-state index in [0.717, 1.165) is 4.47 Å². The van der Waals surface area contributed by atoms with Gasteiger partial charge in [-0.05, 0) is 17.7 Å². The minimum Gasteiger partial charge on any atom is -0.463 e. The van der Waals surface area contributed by atoms with E-state index in [2.05, 4.69) is 20.7 Å². The maximum absolute atomic E-state index is 11.2. The number of rotatable bonds is 3. The first-order chi connectivity index (χ1) is 7.04. The molecule has 0 bridgehead atoms. The molecule has 0 N–H and O–H groups in total. The number of methoxy groups -OCH3 is 1. The molecule has 0 aliphatic carbocycles. The lowest BCUT2D eigenvalue weighted by atomic mass is 10.1. The molecule has 0 fully saturated rings. The summed E-state index contributed by atoms with van der Waals surface area (Å²) in [4.78, 5) is 22.1. The zero-order chi connectivity index (χ0) is 11.4. The average molecular weight is 292 g/mol. The van der Waals surface area contributed by atoms with Crippen molar-refractivity contribution in [3.8, 4) is 0 Å². The molecule has 5 heteroatoms. The number of carbonyl (C=O) groups is 2. The average Bonchev–Trinajstić information content (AvgIpc) is 2.20. The van der Waals surface area contributed by atoms with Crippen LogP contribution in [0.1, 0.15) is 5.56 Å². The van der Waals surface area contributed by atoms with Gasteiger partial charge < -0.3 is 4.74 Å². The zero-order valence-electron chi connectivity index (χ0n) is 7.92. The Balaban J connectivity index is 2.81. The van der Waals surface area contributed by atoms with Gasteiger partial charge in [-0.3, -0.25) is 4.79 Å². The number of hydrogen-bond acceptors (Lipinski definition) is 3. The second-order valence-corrected chi connectivity index (χ2v) is 4.15. The van der Waals surface area contributed by atoms with Crippen molar-refractivity contribution in [2.45, 2.75) is 6.42 Å². The number of benzene rings is 1. The van der Waals surface area contributed by atoms with E-state index >= 15 is 0 Å². The molecule has 0 spiro atoms. The molecule has 0 amide bonds. The highest BCUT2D eigenvalue weighted by Crippen LogP contribution is 2.21. The van der Waals surface area contributed by atoms with Gasteiger partial charge in [-0.25, -0.2) is 4.79 Å². The van der Waals surface area contributed by atoms with Crippen molar-refractivity contribution in [1.82, 2.24) is 0 Å². The van der Waals surface area contributed by atoms with Crippen molar-refractivity contribution >= 4 is 39.3 Å². The lowest BCUT2D eigenvalue weighted by molar-refractivity contribution is -0.151. The van der Waals surface area contributed by atoms with Gasteiger partial charge in [0.15, 0.2) is 0 Å². The van der Waals surface area contributed by atoms with Crippen molar-refractivity contribution in [2.75, 3.05) is 7.11 Å². The molecule has 0 heterocycles. The maximum Gasteiger partial charge on any atom is 0.374 e. The summed E-state index contributed by atoms with van der Waals surface area (Å²) in [5, 5.41) is 0.446. The van der Waals surface area contributed by atoms with Crippen molar-refractivity contribution < 1.29 is 14.3 Å². The number of halogens is 2. The summed E-state index contributed by atoms with van der Waals surface area (Å²) in [7, 11) is 1.17. The van der Waals surface area contributed by atoms with Gasteiger partial charge in [0, 0.05) is 15.9 Å². The van der Waals surface area contributed by atoms with E-state index in [4.69, 9.17) is 11.6 Å². The van der Waals surface area contributed by atoms with Gasteiger partial charge in [-0.2, -0.15) is 0 Å². The number of ketones is 1. The Bertz CT molecular complexity index is 404. The number of ether oxygens (including phenoxy) is 1. The van der Waals surface area contributed by atoms with E-state index in [-0.39, 0.29) is 6.42 Å². The predicted octanol–water partition coefficient (Wildman–Crippen LogP) is 2.39. The van der Waals surface area contributed by atoms with E-state index in [1.54, 1.807) is 18.2 Å². The third-order valence-corrected chi connectivity index (χ3v) is 2.62. The standard InChI is InChI=1S/C10H8BrClO3/c1-15-10(14)9(13)4-6-2-3-7(11)5-8(6)12/h2-3,5H,4H2,1H3. The number of carbonyl (C=O) groups excluding carboxylic acids is 2. The summed E-state index contributed by atoms with van der Waals surface area (Å²) < 4.78 is 5.13. The highest BCUT2D eigenvalue weighted by atomic mass is 79.9. The molecule has 0 atom stereocenters. The van der Waals surface area contributed by atoms with Gasteiger partial charge in [-0.15, -0.1) is 0 Å². The molecule has 0 saturated heterocycles. The van der Waals surface area contributed by atoms with Crippen LogP contribution in [0.3, 0.4) is 0 Å². The Hall–Kier alpha value is -0.870. The number of esters is 1. The van der Waals surface area contributed by atoms with Crippen LogP contribution in [0.2, 0.25) is 5.02 Å². The first-order valence-electron chi connectivity index (χ1n) is 4.09. The number of hydrogen-bond donors (Lipinski definition) is 0. The Morgan fingerprint density at radius 3 is 2.67 bits per heavy atom. The van der Waals surface area contributed by atoms with Crippen LogP contribution in [0.5, 0.6) is 0 Å². The minimum absolute atomic E-state index is 0.0429. The first kappa shape index (κ1) is 12.2. The molecule has 0 aromatic heterocycles. The van der Waals surface area contributed by atoms with E-state index in [1.807, 2.05) is 0 Å². The highest BCUT2D eigenvalue weighted by molar-refractivity contribution is 9.10. The third kappa shape index (κ3) is 3.32. The van der Waals surface area contributed by atoms with Crippen molar-refractivity contribution in [3.63, 3.8) is 0 Å². The summed E-state index contributed by atoms with van der Waals surface area (Å²) >= 11 is 9.13. The summed E-state index contributed by atoms with van der Waals surface area (Å²) in [5.41, 5.74) is 0.607. The van der Waals surface area contributed by atoms with Crippen molar-refractivity contribution in [3.05, 3.63) is 33.3 Å². The van der Waals surface area contributed by atoms with Crippen LogP contribution >= 0.6 is 27.5 Å². The smallest absolute Gasteiger partial charge is 0.374 e.